The summed E-state index contributed by atoms with van der Waals surface area (Å²) in [7, 11) is 0. The molecule has 0 radical (unpaired) electrons. The third-order valence-corrected chi connectivity index (χ3v) is 2.84. The minimum atomic E-state index is -0.389. The highest BCUT2D eigenvalue weighted by Gasteiger charge is 2.16. The molecule has 1 heterocycles. The summed E-state index contributed by atoms with van der Waals surface area (Å²) < 4.78 is 4.91. The molecule has 0 aliphatic carbocycles. The van der Waals surface area contributed by atoms with Gasteiger partial charge in [-0.15, -0.1) is 0 Å². The summed E-state index contributed by atoms with van der Waals surface area (Å²) in [4.78, 5) is 30.0. The second kappa shape index (κ2) is 9.24. The van der Waals surface area contributed by atoms with Crippen LogP contribution in [0.1, 0.15) is 45.6 Å². The molecule has 0 spiro atoms. The number of hydrazone groups is 1. The van der Waals surface area contributed by atoms with Crippen molar-refractivity contribution in [2.75, 3.05) is 6.61 Å². The van der Waals surface area contributed by atoms with Gasteiger partial charge in [-0.3, -0.25) is 4.79 Å². The molecule has 0 aliphatic rings. The van der Waals surface area contributed by atoms with Crippen molar-refractivity contribution < 1.29 is 14.3 Å². The minimum Gasteiger partial charge on any atom is -0.463 e. The number of amides is 1. The highest BCUT2D eigenvalue weighted by molar-refractivity contribution is 7.81. The van der Waals surface area contributed by atoms with Crippen LogP contribution in [0.2, 0.25) is 0 Å². The number of hydrogen-bond acceptors (Lipinski definition) is 7. The molecule has 0 saturated heterocycles. The monoisotopic (exact) mass is 338 g/mol. The first-order valence-electron chi connectivity index (χ1n) is 7.26. The van der Waals surface area contributed by atoms with Gasteiger partial charge in [0.2, 0.25) is 5.91 Å². The van der Waals surface area contributed by atoms with Gasteiger partial charge in [-0.2, -0.15) is 17.7 Å². The molecule has 1 aromatic rings. The summed E-state index contributed by atoms with van der Waals surface area (Å²) in [6.07, 6.45) is 5.31. The lowest BCUT2D eigenvalue weighted by Crippen LogP contribution is -2.26. The molecular weight excluding hydrogens is 316 g/mol. The fourth-order valence-corrected chi connectivity index (χ4v) is 1.69. The van der Waals surface area contributed by atoms with Crippen molar-refractivity contribution in [1.82, 2.24) is 15.4 Å². The summed E-state index contributed by atoms with van der Waals surface area (Å²) >= 11 is 4.30. The Kier molecular flexibility index (Phi) is 7.67. The van der Waals surface area contributed by atoms with Gasteiger partial charge in [0.1, 0.15) is 6.29 Å². The number of aldehydes is 1. The Labute approximate surface area is 141 Å². The first kappa shape index (κ1) is 19.1. The highest BCUT2D eigenvalue weighted by atomic mass is 32.1. The summed E-state index contributed by atoms with van der Waals surface area (Å²) in [5.41, 5.74) is 3.74. The summed E-state index contributed by atoms with van der Waals surface area (Å²) in [6.45, 7) is 5.85. The van der Waals surface area contributed by atoms with Gasteiger partial charge in [-0.1, -0.05) is 13.8 Å². The number of thiol groups is 1. The van der Waals surface area contributed by atoms with Crippen molar-refractivity contribution in [3.05, 3.63) is 18.0 Å². The Morgan fingerprint density at radius 1 is 1.43 bits per heavy atom. The van der Waals surface area contributed by atoms with Crippen molar-refractivity contribution in [2.45, 2.75) is 44.8 Å². The average molecular weight is 338 g/mol. The maximum absolute atomic E-state index is 11.7. The molecule has 0 aliphatic heterocycles. The van der Waals surface area contributed by atoms with Crippen LogP contribution in [0, 0.1) is 0 Å². The molecule has 1 N–H and O–H groups in total. The maximum Gasteiger partial charge on any atom is 0.316 e. The maximum atomic E-state index is 11.7. The first-order chi connectivity index (χ1) is 10.8. The molecule has 0 aromatic carbocycles. The van der Waals surface area contributed by atoms with E-state index in [9.17, 15) is 9.59 Å². The van der Waals surface area contributed by atoms with E-state index in [0.29, 0.717) is 30.7 Å². The predicted octanol–water partition coefficient (Wildman–Crippen LogP) is 1.77. The van der Waals surface area contributed by atoms with Gasteiger partial charge in [-0.05, 0) is 13.3 Å². The van der Waals surface area contributed by atoms with E-state index in [2.05, 4.69) is 33.1 Å². The third-order valence-electron chi connectivity index (χ3n) is 2.68. The van der Waals surface area contributed by atoms with Crippen molar-refractivity contribution >= 4 is 30.5 Å². The molecule has 1 aromatic heterocycles. The summed E-state index contributed by atoms with van der Waals surface area (Å²) in [5, 5.41) is 4.02. The number of carbonyl (C=O) groups is 2. The lowest BCUT2D eigenvalue weighted by molar-refractivity contribution is -0.121. The molecular formula is C15H22N4O3S. The van der Waals surface area contributed by atoms with E-state index in [-0.39, 0.29) is 23.1 Å². The Morgan fingerprint density at radius 2 is 2.09 bits per heavy atom. The van der Waals surface area contributed by atoms with E-state index in [4.69, 9.17) is 4.74 Å². The zero-order valence-electron chi connectivity index (χ0n) is 13.6. The third kappa shape index (κ3) is 8.29. The standard InChI is InChI=1S/C15H22N4O3S/c1-11(18-19-13(21)8-15(2,3)23)12-9-16-14(17-10-12)22-7-5-4-6-20/h6,9-10,23H,4-5,7-8H2,1-3H3,(H,19,21)/b18-11+. The zero-order chi connectivity index (χ0) is 17.3. The molecule has 8 heteroatoms. The van der Waals surface area contributed by atoms with E-state index in [1.54, 1.807) is 19.3 Å². The van der Waals surface area contributed by atoms with Crippen LogP contribution in [-0.2, 0) is 9.59 Å². The molecule has 0 atom stereocenters. The van der Waals surface area contributed by atoms with Gasteiger partial charge in [0.15, 0.2) is 0 Å². The number of nitrogens with zero attached hydrogens (tertiary/aromatic N) is 3. The normalized spacial score (nSPS) is 11.9. The van der Waals surface area contributed by atoms with Crippen LogP contribution in [0.4, 0.5) is 0 Å². The molecule has 0 bridgehead atoms. The largest absolute Gasteiger partial charge is 0.463 e. The lowest BCUT2D eigenvalue weighted by atomic mass is 10.1. The molecule has 1 rings (SSSR count). The lowest BCUT2D eigenvalue weighted by Gasteiger charge is -2.15. The van der Waals surface area contributed by atoms with Gasteiger partial charge in [-0.25, -0.2) is 15.4 Å². The molecule has 7 nitrogen and oxygen atoms in total. The quantitative estimate of drug-likeness (QED) is 0.235. The minimum absolute atomic E-state index is 0.208. The molecule has 126 valence electrons. The van der Waals surface area contributed by atoms with Crippen molar-refractivity contribution in [2.24, 2.45) is 5.10 Å². The molecule has 1 amide bonds. The van der Waals surface area contributed by atoms with Crippen LogP contribution in [0.25, 0.3) is 0 Å². The molecule has 23 heavy (non-hydrogen) atoms. The van der Waals surface area contributed by atoms with E-state index in [1.165, 1.54) is 0 Å². The molecule has 0 saturated carbocycles. The van der Waals surface area contributed by atoms with Crippen LogP contribution in [0.3, 0.4) is 0 Å². The number of carbonyl (C=O) groups excluding carboxylic acids is 2. The second-order valence-electron chi connectivity index (χ2n) is 5.63. The fraction of sp³-hybridized carbons (Fsp3) is 0.533. The van der Waals surface area contributed by atoms with Crippen molar-refractivity contribution in [3.8, 4) is 6.01 Å². The van der Waals surface area contributed by atoms with E-state index >= 15 is 0 Å². The number of nitrogens with one attached hydrogen (secondary N) is 1. The number of rotatable bonds is 9. The van der Waals surface area contributed by atoms with Crippen LogP contribution in [-0.4, -0.2) is 39.2 Å². The van der Waals surface area contributed by atoms with Crippen LogP contribution in [0.5, 0.6) is 6.01 Å². The van der Waals surface area contributed by atoms with E-state index in [0.717, 1.165) is 6.29 Å². The Balaban J connectivity index is 2.52. The Bertz CT molecular complexity index is 553. The fourth-order valence-electron chi connectivity index (χ4n) is 1.55. The van der Waals surface area contributed by atoms with Crippen LogP contribution < -0.4 is 10.2 Å². The van der Waals surface area contributed by atoms with Crippen molar-refractivity contribution in [1.29, 1.82) is 0 Å². The first-order valence-corrected chi connectivity index (χ1v) is 7.71. The molecule has 0 fully saturated rings. The number of hydrogen-bond donors (Lipinski definition) is 2. The predicted molar refractivity (Wildman–Crippen MR) is 90.9 cm³/mol. The highest BCUT2D eigenvalue weighted by Crippen LogP contribution is 2.16. The number of unbranched alkanes of at least 4 members (excludes halogenated alkanes) is 1. The number of aromatic nitrogens is 2. The molecule has 0 unspecified atom stereocenters. The van der Waals surface area contributed by atoms with Gasteiger partial charge in [0.05, 0.1) is 12.3 Å². The second-order valence-corrected chi connectivity index (χ2v) is 6.84. The Morgan fingerprint density at radius 3 is 2.65 bits per heavy atom. The van der Waals surface area contributed by atoms with Gasteiger partial charge >= 0.3 is 6.01 Å². The van der Waals surface area contributed by atoms with Gasteiger partial charge in [0.25, 0.3) is 0 Å². The van der Waals surface area contributed by atoms with E-state index in [1.807, 2.05) is 13.8 Å². The van der Waals surface area contributed by atoms with Gasteiger partial charge < -0.3 is 9.53 Å². The Hall–Kier alpha value is -1.96. The van der Waals surface area contributed by atoms with Crippen LogP contribution in [0.15, 0.2) is 17.5 Å². The average Bonchev–Trinajstić information content (AvgIpc) is 2.48. The zero-order valence-corrected chi connectivity index (χ0v) is 14.5. The van der Waals surface area contributed by atoms with E-state index < -0.39 is 0 Å². The van der Waals surface area contributed by atoms with Gasteiger partial charge in [0, 0.05) is 35.5 Å². The van der Waals surface area contributed by atoms with Crippen LogP contribution >= 0.6 is 12.6 Å². The SMILES string of the molecule is C/C(=N\NC(=O)CC(C)(C)S)c1cnc(OCCCC=O)nc1. The smallest absolute Gasteiger partial charge is 0.316 e. The summed E-state index contributed by atoms with van der Waals surface area (Å²) in [5.74, 6) is -0.208. The summed E-state index contributed by atoms with van der Waals surface area (Å²) in [6, 6.07) is 0.244. The topological polar surface area (TPSA) is 93.5 Å². The number of ether oxygens (including phenoxy) is 1. The van der Waals surface area contributed by atoms with Crippen molar-refractivity contribution in [3.63, 3.8) is 0 Å².